The molecule has 0 atom stereocenters. The molecule has 2 aromatic rings. The quantitative estimate of drug-likeness (QED) is 0.463. The highest BCUT2D eigenvalue weighted by molar-refractivity contribution is 5.78. The molecule has 30 heavy (non-hydrogen) atoms. The number of nitrogens with zero attached hydrogens (tertiary/aromatic N) is 1. The second-order valence-electron chi connectivity index (χ2n) is 9.03. The van der Waals surface area contributed by atoms with Crippen LogP contribution in [0.15, 0.2) is 72.8 Å². The lowest BCUT2D eigenvalue weighted by molar-refractivity contribution is 0.229. The first-order chi connectivity index (χ1) is 14.6. The van der Waals surface area contributed by atoms with E-state index in [1.807, 2.05) is 0 Å². The maximum Gasteiger partial charge on any atom is 0.0239 e. The van der Waals surface area contributed by atoms with Gasteiger partial charge in [0, 0.05) is 6.54 Å². The fraction of sp³-hybridized carbons (Fsp3) is 0.379. The fourth-order valence-corrected chi connectivity index (χ4v) is 5.00. The minimum atomic E-state index is 0.692. The average molecular weight is 398 g/mol. The molecule has 2 aromatic carbocycles. The van der Waals surface area contributed by atoms with Crippen LogP contribution in [0.25, 0.3) is 11.1 Å². The van der Waals surface area contributed by atoms with Crippen LogP contribution in [0.2, 0.25) is 0 Å². The SMILES string of the molecule is C=C(/C(CN1CCC(c2ccc3c(c2)CCC3=C)CC1)=C(/C)CC)c1ccccc1. The van der Waals surface area contributed by atoms with Crippen molar-refractivity contribution in [1.29, 1.82) is 0 Å². The highest BCUT2D eigenvalue weighted by Gasteiger charge is 2.24. The number of rotatable bonds is 6. The molecule has 1 saturated heterocycles. The van der Waals surface area contributed by atoms with Crippen LogP contribution in [0, 0.1) is 0 Å². The molecule has 1 aliphatic carbocycles. The zero-order valence-electron chi connectivity index (χ0n) is 18.7. The summed E-state index contributed by atoms with van der Waals surface area (Å²) in [5.41, 5.74) is 11.1. The second kappa shape index (κ2) is 9.18. The van der Waals surface area contributed by atoms with Gasteiger partial charge in [0.25, 0.3) is 0 Å². The molecule has 1 nitrogen and oxygen atoms in total. The molecular weight excluding hydrogens is 362 g/mol. The molecule has 0 amide bonds. The molecule has 1 aliphatic heterocycles. The third-order valence-corrected chi connectivity index (χ3v) is 7.18. The number of likely N-dealkylation sites (tertiary alicyclic amines) is 1. The van der Waals surface area contributed by atoms with Crippen molar-refractivity contribution < 1.29 is 0 Å². The molecule has 2 aliphatic rings. The monoisotopic (exact) mass is 397 g/mol. The van der Waals surface area contributed by atoms with Gasteiger partial charge in [-0.25, -0.2) is 0 Å². The first kappa shape index (κ1) is 20.9. The Morgan fingerprint density at radius 3 is 2.47 bits per heavy atom. The number of hydrogen-bond donors (Lipinski definition) is 0. The summed E-state index contributed by atoms with van der Waals surface area (Å²) in [7, 11) is 0. The van der Waals surface area contributed by atoms with Crippen LogP contribution >= 0.6 is 0 Å². The molecule has 0 aromatic heterocycles. The molecule has 0 bridgehead atoms. The van der Waals surface area contributed by atoms with Crippen molar-refractivity contribution in [2.24, 2.45) is 0 Å². The number of aryl methyl sites for hydroxylation is 1. The first-order valence-electron chi connectivity index (χ1n) is 11.5. The fourth-order valence-electron chi connectivity index (χ4n) is 5.00. The molecule has 0 N–H and O–H groups in total. The molecule has 4 rings (SSSR count). The highest BCUT2D eigenvalue weighted by atomic mass is 15.1. The summed E-state index contributed by atoms with van der Waals surface area (Å²) in [5.74, 6) is 0.692. The van der Waals surface area contributed by atoms with Gasteiger partial charge in [-0.2, -0.15) is 0 Å². The lowest BCUT2D eigenvalue weighted by Gasteiger charge is -2.34. The van der Waals surface area contributed by atoms with Crippen molar-refractivity contribution in [1.82, 2.24) is 4.90 Å². The van der Waals surface area contributed by atoms with E-state index in [2.05, 4.69) is 80.4 Å². The molecule has 0 unspecified atom stereocenters. The van der Waals surface area contributed by atoms with E-state index in [9.17, 15) is 0 Å². The summed E-state index contributed by atoms with van der Waals surface area (Å²) in [6.07, 6.45) is 5.88. The van der Waals surface area contributed by atoms with Gasteiger partial charge in [0.2, 0.25) is 0 Å². The predicted molar refractivity (Wildman–Crippen MR) is 131 cm³/mol. The lowest BCUT2D eigenvalue weighted by Crippen LogP contribution is -2.34. The van der Waals surface area contributed by atoms with E-state index in [1.165, 1.54) is 63.8 Å². The lowest BCUT2D eigenvalue weighted by atomic mass is 9.87. The third kappa shape index (κ3) is 4.37. The standard InChI is InChI=1S/C29H35N/c1-5-21(2)29(23(4)24-9-7-6-8-10-24)20-30-17-15-25(16-18-30)26-13-14-28-22(3)11-12-27(28)19-26/h6-10,13-14,19,25H,3-5,11-12,15-18,20H2,1-2H3/b29-21-. The Balaban J connectivity index is 1.42. The average Bonchev–Trinajstić information content (AvgIpc) is 3.17. The van der Waals surface area contributed by atoms with Crippen LogP contribution in [0.5, 0.6) is 0 Å². The van der Waals surface area contributed by atoms with Crippen LogP contribution in [-0.2, 0) is 6.42 Å². The molecule has 156 valence electrons. The van der Waals surface area contributed by atoms with Gasteiger partial charge in [0.05, 0.1) is 0 Å². The van der Waals surface area contributed by atoms with Crippen LogP contribution in [0.3, 0.4) is 0 Å². The molecule has 0 radical (unpaired) electrons. The van der Waals surface area contributed by atoms with Crippen LogP contribution in [0.4, 0.5) is 0 Å². The van der Waals surface area contributed by atoms with Gasteiger partial charge in [-0.1, -0.05) is 74.2 Å². The Morgan fingerprint density at radius 1 is 1.03 bits per heavy atom. The minimum Gasteiger partial charge on any atom is -0.299 e. The number of benzene rings is 2. The number of hydrogen-bond acceptors (Lipinski definition) is 1. The summed E-state index contributed by atoms with van der Waals surface area (Å²) < 4.78 is 0. The largest absolute Gasteiger partial charge is 0.299 e. The van der Waals surface area contributed by atoms with Gasteiger partial charge >= 0.3 is 0 Å². The first-order valence-corrected chi connectivity index (χ1v) is 11.5. The van der Waals surface area contributed by atoms with Gasteiger partial charge in [-0.3, -0.25) is 4.90 Å². The molecule has 0 saturated carbocycles. The Kier molecular flexibility index (Phi) is 6.39. The Morgan fingerprint density at radius 2 is 1.77 bits per heavy atom. The maximum absolute atomic E-state index is 4.47. The van der Waals surface area contributed by atoms with E-state index < -0.39 is 0 Å². The minimum absolute atomic E-state index is 0.692. The number of fused-ring (bicyclic) bond motifs is 1. The van der Waals surface area contributed by atoms with E-state index in [4.69, 9.17) is 0 Å². The van der Waals surface area contributed by atoms with Crippen LogP contribution in [-0.4, -0.2) is 24.5 Å². The van der Waals surface area contributed by atoms with E-state index in [-0.39, 0.29) is 0 Å². The van der Waals surface area contributed by atoms with Gasteiger partial charge in [0.1, 0.15) is 0 Å². The van der Waals surface area contributed by atoms with E-state index in [1.54, 1.807) is 0 Å². The van der Waals surface area contributed by atoms with Crippen molar-refractivity contribution in [3.63, 3.8) is 0 Å². The van der Waals surface area contributed by atoms with Gasteiger partial charge in [0.15, 0.2) is 0 Å². The van der Waals surface area contributed by atoms with E-state index in [0.717, 1.165) is 32.5 Å². The molecular formula is C29H35N. The van der Waals surface area contributed by atoms with Crippen molar-refractivity contribution in [3.8, 4) is 0 Å². The molecule has 1 fully saturated rings. The predicted octanol–water partition coefficient (Wildman–Crippen LogP) is 7.27. The Bertz CT molecular complexity index is 955. The second-order valence-corrected chi connectivity index (χ2v) is 9.03. The third-order valence-electron chi connectivity index (χ3n) is 7.18. The zero-order valence-corrected chi connectivity index (χ0v) is 18.7. The van der Waals surface area contributed by atoms with Crippen molar-refractivity contribution in [3.05, 3.63) is 95.1 Å². The van der Waals surface area contributed by atoms with Crippen molar-refractivity contribution >= 4 is 11.1 Å². The zero-order chi connectivity index (χ0) is 21.1. The maximum atomic E-state index is 4.47. The summed E-state index contributed by atoms with van der Waals surface area (Å²) in [4.78, 5) is 2.63. The van der Waals surface area contributed by atoms with Gasteiger partial charge in [-0.05, 0) is 97.0 Å². The molecule has 0 spiro atoms. The smallest absolute Gasteiger partial charge is 0.0239 e. The van der Waals surface area contributed by atoms with Crippen LogP contribution in [0.1, 0.15) is 67.7 Å². The highest BCUT2D eigenvalue weighted by Crippen LogP contribution is 2.36. The summed E-state index contributed by atoms with van der Waals surface area (Å²) in [6.45, 7) is 16.6. The van der Waals surface area contributed by atoms with Crippen molar-refractivity contribution in [2.75, 3.05) is 19.6 Å². The van der Waals surface area contributed by atoms with Gasteiger partial charge < -0.3 is 0 Å². The normalized spacial score (nSPS) is 18.3. The van der Waals surface area contributed by atoms with E-state index >= 15 is 0 Å². The summed E-state index contributed by atoms with van der Waals surface area (Å²) in [5, 5.41) is 0. The number of piperidine rings is 1. The van der Waals surface area contributed by atoms with Crippen molar-refractivity contribution in [2.45, 2.75) is 51.9 Å². The Hall–Kier alpha value is -2.38. The summed E-state index contributed by atoms with van der Waals surface area (Å²) >= 11 is 0. The molecule has 1 heterocycles. The van der Waals surface area contributed by atoms with E-state index in [0.29, 0.717) is 5.92 Å². The molecule has 1 heteroatoms. The topological polar surface area (TPSA) is 3.24 Å². The van der Waals surface area contributed by atoms with Crippen LogP contribution < -0.4 is 0 Å². The summed E-state index contributed by atoms with van der Waals surface area (Å²) in [6, 6.07) is 17.8. The Labute approximate surface area is 182 Å². The number of allylic oxidation sites excluding steroid dienone is 2. The van der Waals surface area contributed by atoms with Gasteiger partial charge in [-0.15, -0.1) is 0 Å².